The van der Waals surface area contributed by atoms with E-state index in [9.17, 15) is 28.1 Å². The molecule has 30 heavy (non-hydrogen) atoms. The van der Waals surface area contributed by atoms with E-state index < -0.39 is 27.6 Å². The summed E-state index contributed by atoms with van der Waals surface area (Å²) in [5.74, 6) is -0.765. The molecule has 1 amide bonds. The van der Waals surface area contributed by atoms with Crippen molar-refractivity contribution in [2.24, 2.45) is 0 Å². The Bertz CT molecular complexity index is 976. The molecule has 0 radical (unpaired) electrons. The van der Waals surface area contributed by atoms with Crippen LogP contribution in [0.1, 0.15) is 15.9 Å². The molecule has 2 aromatic carbocycles. The molecule has 0 spiro atoms. The van der Waals surface area contributed by atoms with Gasteiger partial charge < -0.3 is 15.1 Å². The van der Waals surface area contributed by atoms with Crippen LogP contribution in [0.5, 0.6) is 0 Å². The van der Waals surface area contributed by atoms with Crippen molar-refractivity contribution in [2.75, 3.05) is 43.4 Å². The average molecular weight is 443 g/mol. The van der Waals surface area contributed by atoms with Crippen LogP contribution in [0, 0.1) is 10.1 Å². The molecule has 0 atom stereocenters. The molecule has 0 aliphatic carbocycles. The summed E-state index contributed by atoms with van der Waals surface area (Å²) in [5.41, 5.74) is -1.08. The van der Waals surface area contributed by atoms with Gasteiger partial charge in [0.1, 0.15) is 5.69 Å². The van der Waals surface area contributed by atoms with Crippen molar-refractivity contribution < 1.29 is 22.9 Å². The van der Waals surface area contributed by atoms with Crippen molar-refractivity contribution in [3.8, 4) is 0 Å². The Hall–Kier alpha value is -2.85. The third-order valence-corrected chi connectivity index (χ3v) is 5.14. The number of halogens is 4. The minimum absolute atomic E-state index is 0.0388. The quantitative estimate of drug-likeness (QED) is 0.565. The zero-order valence-electron chi connectivity index (χ0n) is 15.9. The van der Waals surface area contributed by atoms with Crippen LogP contribution in [-0.4, -0.2) is 49.0 Å². The number of amides is 1. The van der Waals surface area contributed by atoms with Crippen LogP contribution >= 0.6 is 11.6 Å². The van der Waals surface area contributed by atoms with Gasteiger partial charge >= 0.3 is 6.18 Å². The third kappa shape index (κ3) is 4.82. The van der Waals surface area contributed by atoms with Gasteiger partial charge in [-0.15, -0.1) is 0 Å². The molecule has 3 rings (SSSR count). The highest BCUT2D eigenvalue weighted by molar-refractivity contribution is 6.31. The molecule has 1 N–H and O–H groups in total. The molecule has 2 aromatic rings. The van der Waals surface area contributed by atoms with E-state index in [1.165, 1.54) is 18.2 Å². The van der Waals surface area contributed by atoms with Crippen LogP contribution in [0.3, 0.4) is 0 Å². The second kappa shape index (κ2) is 8.49. The van der Waals surface area contributed by atoms with Gasteiger partial charge in [0, 0.05) is 43.5 Å². The fourth-order valence-corrected chi connectivity index (χ4v) is 3.37. The molecule has 11 heteroatoms. The largest absolute Gasteiger partial charge is 0.417 e. The predicted molar refractivity (Wildman–Crippen MR) is 107 cm³/mol. The van der Waals surface area contributed by atoms with Crippen LogP contribution in [0.2, 0.25) is 5.02 Å². The first kappa shape index (κ1) is 21.8. The highest BCUT2D eigenvalue weighted by atomic mass is 35.5. The van der Waals surface area contributed by atoms with Crippen LogP contribution in [0.4, 0.5) is 30.2 Å². The number of nitrogens with zero attached hydrogens (tertiary/aromatic N) is 3. The van der Waals surface area contributed by atoms with Crippen molar-refractivity contribution in [1.29, 1.82) is 0 Å². The van der Waals surface area contributed by atoms with E-state index in [0.717, 1.165) is 25.2 Å². The first-order valence-corrected chi connectivity index (χ1v) is 9.34. The van der Waals surface area contributed by atoms with Gasteiger partial charge in [-0.1, -0.05) is 11.6 Å². The lowest BCUT2D eigenvalue weighted by atomic mass is 10.1. The Labute approximate surface area is 175 Å². The molecule has 1 heterocycles. The van der Waals surface area contributed by atoms with Crippen molar-refractivity contribution in [1.82, 2.24) is 4.90 Å². The molecule has 1 aliphatic heterocycles. The molecular weight excluding hydrogens is 425 g/mol. The topological polar surface area (TPSA) is 78.7 Å². The predicted octanol–water partition coefficient (Wildman–Crippen LogP) is 4.27. The second-order valence-corrected chi connectivity index (χ2v) is 7.30. The zero-order valence-corrected chi connectivity index (χ0v) is 16.6. The maximum atomic E-state index is 13.0. The molecule has 0 saturated carbocycles. The highest BCUT2D eigenvalue weighted by Crippen LogP contribution is 2.36. The van der Waals surface area contributed by atoms with Crippen molar-refractivity contribution in [2.45, 2.75) is 6.18 Å². The van der Waals surface area contributed by atoms with Crippen molar-refractivity contribution in [3.63, 3.8) is 0 Å². The Kier molecular flexibility index (Phi) is 6.18. The number of hydrogen-bond acceptors (Lipinski definition) is 5. The number of anilines is 2. The number of piperazine rings is 1. The lowest BCUT2D eigenvalue weighted by Gasteiger charge is -2.33. The van der Waals surface area contributed by atoms with E-state index in [0.29, 0.717) is 24.8 Å². The Balaban J connectivity index is 1.85. The number of rotatable bonds is 4. The van der Waals surface area contributed by atoms with E-state index in [1.54, 1.807) is 0 Å². The van der Waals surface area contributed by atoms with Crippen molar-refractivity contribution >= 4 is 34.6 Å². The summed E-state index contributed by atoms with van der Waals surface area (Å²) in [6.45, 7) is 2.71. The smallest absolute Gasteiger partial charge is 0.363 e. The number of nitro groups is 1. The summed E-state index contributed by atoms with van der Waals surface area (Å²) >= 11 is 5.57. The minimum Gasteiger partial charge on any atom is -0.363 e. The molecule has 0 unspecified atom stereocenters. The van der Waals surface area contributed by atoms with E-state index >= 15 is 0 Å². The minimum atomic E-state index is -4.68. The summed E-state index contributed by atoms with van der Waals surface area (Å²) in [7, 11) is 1.96. The number of nitrogens with one attached hydrogen (secondary N) is 1. The summed E-state index contributed by atoms with van der Waals surface area (Å²) in [5, 5.41) is 13.4. The fourth-order valence-electron chi connectivity index (χ4n) is 3.15. The molecule has 1 fully saturated rings. The maximum absolute atomic E-state index is 13.0. The maximum Gasteiger partial charge on any atom is 0.417 e. The van der Waals surface area contributed by atoms with Gasteiger partial charge in [-0.3, -0.25) is 14.9 Å². The van der Waals surface area contributed by atoms with E-state index in [-0.39, 0.29) is 16.9 Å². The standard InChI is InChI=1S/C19H18ClF3N4O3/c1-25-6-8-26(9-7-25)16-5-2-12(10-17(16)27(29)30)18(28)24-13-3-4-15(20)14(11-13)19(21,22)23/h2-5,10-11H,6-9H2,1H3,(H,24,28). The SMILES string of the molecule is CN1CCN(c2ccc(C(=O)Nc3ccc(Cl)c(C(F)(F)F)c3)cc2[N+](=O)[O-])CC1. The van der Waals surface area contributed by atoms with Gasteiger partial charge in [-0.25, -0.2) is 0 Å². The molecule has 7 nitrogen and oxygen atoms in total. The fraction of sp³-hybridized carbons (Fsp3) is 0.316. The highest BCUT2D eigenvalue weighted by Gasteiger charge is 2.33. The van der Waals surface area contributed by atoms with Gasteiger partial charge in [0.25, 0.3) is 11.6 Å². The van der Waals surface area contributed by atoms with Gasteiger partial charge in [-0.2, -0.15) is 13.2 Å². The number of benzene rings is 2. The zero-order chi connectivity index (χ0) is 22.1. The monoisotopic (exact) mass is 442 g/mol. The molecule has 0 bridgehead atoms. The van der Waals surface area contributed by atoms with Crippen LogP contribution < -0.4 is 10.2 Å². The number of nitro benzene ring substituents is 1. The first-order chi connectivity index (χ1) is 14.1. The van der Waals surface area contributed by atoms with Gasteiger partial charge in [0.15, 0.2) is 0 Å². The van der Waals surface area contributed by atoms with Crippen LogP contribution in [0.25, 0.3) is 0 Å². The number of carbonyl (C=O) groups is 1. The van der Waals surface area contributed by atoms with E-state index in [1.807, 2.05) is 11.9 Å². The Morgan fingerprint density at radius 3 is 2.40 bits per heavy atom. The van der Waals surface area contributed by atoms with E-state index in [4.69, 9.17) is 11.6 Å². The van der Waals surface area contributed by atoms with Crippen molar-refractivity contribution in [3.05, 3.63) is 62.7 Å². The van der Waals surface area contributed by atoms with Gasteiger partial charge in [-0.05, 0) is 37.4 Å². The first-order valence-electron chi connectivity index (χ1n) is 8.96. The Morgan fingerprint density at radius 1 is 1.13 bits per heavy atom. The number of likely N-dealkylation sites (N-methyl/N-ethyl adjacent to an activating group) is 1. The van der Waals surface area contributed by atoms with Crippen LogP contribution in [0.15, 0.2) is 36.4 Å². The number of carbonyl (C=O) groups excluding carboxylic acids is 1. The second-order valence-electron chi connectivity index (χ2n) is 6.90. The molecule has 1 saturated heterocycles. The summed E-state index contributed by atoms with van der Waals surface area (Å²) < 4.78 is 39.0. The lowest BCUT2D eigenvalue weighted by molar-refractivity contribution is -0.384. The summed E-state index contributed by atoms with van der Waals surface area (Å²) in [6, 6.07) is 7.00. The molecule has 0 aromatic heterocycles. The number of alkyl halides is 3. The molecule has 160 valence electrons. The van der Waals surface area contributed by atoms with Gasteiger partial charge in [0.2, 0.25) is 0 Å². The lowest BCUT2D eigenvalue weighted by Crippen LogP contribution is -2.44. The van der Waals surface area contributed by atoms with E-state index in [2.05, 4.69) is 10.2 Å². The summed E-state index contributed by atoms with van der Waals surface area (Å²) in [4.78, 5) is 27.4. The van der Waals surface area contributed by atoms with Gasteiger partial charge in [0.05, 0.1) is 15.5 Å². The normalized spacial score (nSPS) is 15.2. The molecule has 1 aliphatic rings. The summed E-state index contributed by atoms with van der Waals surface area (Å²) in [6.07, 6.45) is -4.68. The Morgan fingerprint density at radius 2 is 1.80 bits per heavy atom. The average Bonchev–Trinajstić information content (AvgIpc) is 2.68. The number of hydrogen-bond donors (Lipinski definition) is 1. The molecular formula is C19H18ClF3N4O3. The van der Waals surface area contributed by atoms with Crippen LogP contribution in [-0.2, 0) is 6.18 Å². The third-order valence-electron chi connectivity index (χ3n) is 4.81.